The summed E-state index contributed by atoms with van der Waals surface area (Å²) >= 11 is 0. The Hall–Kier alpha value is -1.63. The second-order valence-electron chi connectivity index (χ2n) is 6.16. The maximum absolute atomic E-state index is 12.2. The van der Waals surface area contributed by atoms with Crippen LogP contribution < -0.4 is 10.6 Å². The van der Waals surface area contributed by atoms with Crippen molar-refractivity contribution in [3.05, 3.63) is 0 Å². The summed E-state index contributed by atoms with van der Waals surface area (Å²) in [6, 6.07) is -0.815. The molecule has 0 saturated heterocycles. The third-order valence-corrected chi connectivity index (χ3v) is 4.07. The fourth-order valence-electron chi connectivity index (χ4n) is 2.76. The smallest absolute Gasteiger partial charge is 0.305 e. The maximum atomic E-state index is 12.2. The molecule has 2 amide bonds. The number of aliphatic carboxylic acids is 1. The fraction of sp³-hybridized carbons (Fsp3) is 0.812. The van der Waals surface area contributed by atoms with Crippen LogP contribution in [0.4, 0.5) is 0 Å². The number of carbonyl (C=O) groups excluding carboxylic acids is 2. The zero-order chi connectivity index (χ0) is 17.2. The third-order valence-electron chi connectivity index (χ3n) is 4.07. The molecule has 0 aliphatic heterocycles. The van der Waals surface area contributed by atoms with Crippen molar-refractivity contribution in [3.8, 4) is 0 Å². The minimum Gasteiger partial charge on any atom is -0.481 e. The van der Waals surface area contributed by atoms with Crippen molar-refractivity contribution in [2.45, 2.75) is 64.5 Å². The molecule has 0 bridgehead atoms. The van der Waals surface area contributed by atoms with Gasteiger partial charge >= 0.3 is 5.97 Å². The average Bonchev–Trinajstić information content (AvgIpc) is 2.50. The van der Waals surface area contributed by atoms with E-state index < -0.39 is 24.0 Å². The standard InChI is InChI=1S/C16H28N2O5/c1-11(23-10-13-6-4-3-5-7-13)15(18-12(2)19)16(22)17-9-8-14(20)21/h11,13,15H,3-10H2,1-2H3,(H,17,22)(H,18,19)(H,20,21). The van der Waals surface area contributed by atoms with Crippen LogP contribution in [-0.2, 0) is 19.1 Å². The molecule has 1 aliphatic rings. The summed E-state index contributed by atoms with van der Waals surface area (Å²) < 4.78 is 5.80. The molecule has 2 unspecified atom stereocenters. The maximum Gasteiger partial charge on any atom is 0.305 e. The highest BCUT2D eigenvalue weighted by Crippen LogP contribution is 2.24. The second-order valence-corrected chi connectivity index (χ2v) is 6.16. The number of carbonyl (C=O) groups is 3. The largest absolute Gasteiger partial charge is 0.481 e. The quantitative estimate of drug-likeness (QED) is 0.587. The molecule has 0 aromatic carbocycles. The SMILES string of the molecule is CC(=O)NC(C(=O)NCCC(=O)O)C(C)OCC1CCCCC1. The number of hydrogen-bond acceptors (Lipinski definition) is 4. The molecule has 1 rings (SSSR count). The predicted octanol–water partition coefficient (Wildman–Crippen LogP) is 1.07. The molecular formula is C16H28N2O5. The van der Waals surface area contributed by atoms with Crippen molar-refractivity contribution in [1.82, 2.24) is 10.6 Å². The Bertz CT molecular complexity index is 407. The Labute approximate surface area is 137 Å². The second kappa shape index (κ2) is 10.2. The van der Waals surface area contributed by atoms with Crippen molar-refractivity contribution in [1.29, 1.82) is 0 Å². The van der Waals surface area contributed by atoms with Gasteiger partial charge in [-0.2, -0.15) is 0 Å². The molecule has 1 aliphatic carbocycles. The summed E-state index contributed by atoms with van der Waals surface area (Å²) in [4.78, 5) is 34.0. The van der Waals surface area contributed by atoms with Gasteiger partial charge in [-0.05, 0) is 25.7 Å². The first-order chi connectivity index (χ1) is 10.9. The number of hydrogen-bond donors (Lipinski definition) is 3. The molecule has 3 N–H and O–H groups in total. The Morgan fingerprint density at radius 3 is 2.43 bits per heavy atom. The van der Waals surface area contributed by atoms with E-state index in [0.717, 1.165) is 12.8 Å². The normalized spacial score (nSPS) is 18.0. The van der Waals surface area contributed by atoms with Crippen LogP contribution in [0.25, 0.3) is 0 Å². The summed E-state index contributed by atoms with van der Waals surface area (Å²) in [6.07, 6.45) is 5.36. The highest BCUT2D eigenvalue weighted by molar-refractivity contribution is 5.87. The first-order valence-corrected chi connectivity index (χ1v) is 8.28. The van der Waals surface area contributed by atoms with Crippen LogP contribution in [0.3, 0.4) is 0 Å². The van der Waals surface area contributed by atoms with E-state index in [0.29, 0.717) is 12.5 Å². The molecule has 1 fully saturated rings. The van der Waals surface area contributed by atoms with Crippen LogP contribution >= 0.6 is 0 Å². The van der Waals surface area contributed by atoms with Gasteiger partial charge in [0.25, 0.3) is 0 Å². The molecule has 7 nitrogen and oxygen atoms in total. The van der Waals surface area contributed by atoms with Crippen LogP contribution in [-0.4, -0.2) is 48.2 Å². The van der Waals surface area contributed by atoms with E-state index in [4.69, 9.17) is 9.84 Å². The molecule has 0 radical (unpaired) electrons. The van der Waals surface area contributed by atoms with Gasteiger partial charge < -0.3 is 20.5 Å². The summed E-state index contributed by atoms with van der Waals surface area (Å²) in [5.41, 5.74) is 0. The van der Waals surface area contributed by atoms with Crippen molar-refractivity contribution >= 4 is 17.8 Å². The molecule has 1 saturated carbocycles. The van der Waals surface area contributed by atoms with E-state index in [-0.39, 0.29) is 18.9 Å². The molecule has 0 heterocycles. The van der Waals surface area contributed by atoms with Crippen LogP contribution in [0.2, 0.25) is 0 Å². The van der Waals surface area contributed by atoms with Crippen molar-refractivity contribution < 1.29 is 24.2 Å². The van der Waals surface area contributed by atoms with E-state index >= 15 is 0 Å². The Balaban J connectivity index is 2.47. The lowest BCUT2D eigenvalue weighted by Crippen LogP contribution is -2.53. The molecule has 0 aromatic heterocycles. The van der Waals surface area contributed by atoms with Crippen LogP contribution in [0.15, 0.2) is 0 Å². The summed E-state index contributed by atoms with van der Waals surface area (Å²) in [7, 11) is 0. The molecule has 0 aromatic rings. The number of rotatable bonds is 9. The lowest BCUT2D eigenvalue weighted by molar-refractivity contribution is -0.137. The third kappa shape index (κ3) is 7.97. The van der Waals surface area contributed by atoms with Crippen LogP contribution in [0.1, 0.15) is 52.4 Å². The lowest BCUT2D eigenvalue weighted by Gasteiger charge is -2.27. The van der Waals surface area contributed by atoms with E-state index in [9.17, 15) is 14.4 Å². The highest BCUT2D eigenvalue weighted by Gasteiger charge is 2.27. The molecule has 2 atom stereocenters. The molecular weight excluding hydrogens is 300 g/mol. The zero-order valence-corrected chi connectivity index (χ0v) is 14.0. The first-order valence-electron chi connectivity index (χ1n) is 8.28. The molecule has 7 heteroatoms. The number of carboxylic acids is 1. The monoisotopic (exact) mass is 328 g/mol. The van der Waals surface area contributed by atoms with Gasteiger partial charge in [0.1, 0.15) is 6.04 Å². The zero-order valence-electron chi connectivity index (χ0n) is 14.0. The van der Waals surface area contributed by atoms with E-state index in [1.165, 1.54) is 26.2 Å². The van der Waals surface area contributed by atoms with Crippen molar-refractivity contribution in [3.63, 3.8) is 0 Å². The summed E-state index contributed by atoms with van der Waals surface area (Å²) in [5.74, 6) is -1.21. The topological polar surface area (TPSA) is 105 Å². The van der Waals surface area contributed by atoms with E-state index in [1.54, 1.807) is 6.92 Å². The average molecular weight is 328 g/mol. The predicted molar refractivity (Wildman–Crippen MR) is 84.9 cm³/mol. The number of nitrogens with one attached hydrogen (secondary N) is 2. The molecule has 23 heavy (non-hydrogen) atoms. The van der Waals surface area contributed by atoms with Crippen molar-refractivity contribution in [2.75, 3.05) is 13.2 Å². The van der Waals surface area contributed by atoms with Gasteiger partial charge in [0.05, 0.1) is 12.5 Å². The van der Waals surface area contributed by atoms with Gasteiger partial charge in [-0.15, -0.1) is 0 Å². The fourth-order valence-corrected chi connectivity index (χ4v) is 2.76. The Morgan fingerprint density at radius 1 is 1.22 bits per heavy atom. The van der Waals surface area contributed by atoms with Gasteiger partial charge in [0, 0.05) is 20.1 Å². The number of amides is 2. The van der Waals surface area contributed by atoms with Crippen molar-refractivity contribution in [2.24, 2.45) is 5.92 Å². The minimum atomic E-state index is -0.983. The van der Waals surface area contributed by atoms with Crippen LogP contribution in [0, 0.1) is 5.92 Å². The van der Waals surface area contributed by atoms with Gasteiger partial charge in [-0.3, -0.25) is 14.4 Å². The lowest BCUT2D eigenvalue weighted by atomic mass is 9.90. The summed E-state index contributed by atoms with van der Waals surface area (Å²) in [5, 5.41) is 13.7. The molecule has 0 spiro atoms. The van der Waals surface area contributed by atoms with E-state index in [2.05, 4.69) is 10.6 Å². The van der Waals surface area contributed by atoms with Gasteiger partial charge in [0.15, 0.2) is 0 Å². The Morgan fingerprint density at radius 2 is 1.87 bits per heavy atom. The summed E-state index contributed by atoms with van der Waals surface area (Å²) in [6.45, 7) is 3.70. The van der Waals surface area contributed by atoms with E-state index in [1.807, 2.05) is 0 Å². The minimum absolute atomic E-state index is 0.0274. The molecule has 132 valence electrons. The van der Waals surface area contributed by atoms with Gasteiger partial charge in [0.2, 0.25) is 11.8 Å². The Kier molecular flexibility index (Phi) is 8.61. The number of ether oxygens (including phenoxy) is 1. The van der Waals surface area contributed by atoms with Gasteiger partial charge in [-0.1, -0.05) is 19.3 Å². The van der Waals surface area contributed by atoms with Gasteiger partial charge in [-0.25, -0.2) is 0 Å². The first kappa shape index (κ1) is 19.4. The van der Waals surface area contributed by atoms with Crippen LogP contribution in [0.5, 0.6) is 0 Å². The highest BCUT2D eigenvalue weighted by atomic mass is 16.5. The number of carboxylic acid groups (broad SMARTS) is 1.